The quantitative estimate of drug-likeness (QED) is 0.512. The lowest BCUT2D eigenvalue weighted by molar-refractivity contribution is 0.102. The third-order valence-electron chi connectivity index (χ3n) is 4.51. The van der Waals surface area contributed by atoms with Crippen LogP contribution in [0.5, 0.6) is 5.75 Å². The van der Waals surface area contributed by atoms with Crippen LogP contribution in [0.3, 0.4) is 0 Å². The molecule has 0 aliphatic carbocycles. The number of carbonyl (C=O) groups is 1. The molecule has 0 fully saturated rings. The van der Waals surface area contributed by atoms with Gasteiger partial charge in [-0.1, -0.05) is 6.07 Å². The van der Waals surface area contributed by atoms with E-state index in [1.54, 1.807) is 24.3 Å². The molecule has 3 rings (SSSR count). The number of thiophene rings is 1. The first kappa shape index (κ1) is 23.8. The third-order valence-corrected chi connectivity index (χ3v) is 8.49. The molecule has 32 heavy (non-hydrogen) atoms. The summed E-state index contributed by atoms with van der Waals surface area (Å²) in [6, 6.07) is 13.7. The van der Waals surface area contributed by atoms with Gasteiger partial charge in [0, 0.05) is 19.0 Å². The maximum atomic E-state index is 13.2. The second-order valence-corrected chi connectivity index (χ2v) is 11.6. The minimum absolute atomic E-state index is 0.00690. The van der Waals surface area contributed by atoms with Gasteiger partial charge in [-0.25, -0.2) is 16.8 Å². The molecule has 0 radical (unpaired) electrons. The molecule has 0 aliphatic rings. The number of sulfonamides is 1. The van der Waals surface area contributed by atoms with E-state index in [1.807, 2.05) is 6.92 Å². The van der Waals surface area contributed by atoms with Crippen LogP contribution in [-0.4, -0.2) is 42.7 Å². The average molecular weight is 495 g/mol. The van der Waals surface area contributed by atoms with E-state index in [9.17, 15) is 21.6 Å². The number of anilines is 2. The van der Waals surface area contributed by atoms with E-state index in [1.165, 1.54) is 42.8 Å². The number of hydrogen-bond donors (Lipinski definition) is 1. The molecular weight excluding hydrogens is 472 g/mol. The molecule has 0 spiro atoms. The van der Waals surface area contributed by atoms with Crippen molar-refractivity contribution in [1.82, 2.24) is 0 Å². The Labute approximate surface area is 191 Å². The van der Waals surface area contributed by atoms with Gasteiger partial charge in [-0.15, -0.1) is 11.3 Å². The van der Waals surface area contributed by atoms with Gasteiger partial charge in [-0.2, -0.15) is 0 Å². The van der Waals surface area contributed by atoms with Crippen molar-refractivity contribution in [3.05, 3.63) is 64.9 Å². The smallest absolute Gasteiger partial charge is 0.267 e. The number of nitrogens with zero attached hydrogens (tertiary/aromatic N) is 1. The Hall–Kier alpha value is -2.89. The first-order valence-electron chi connectivity index (χ1n) is 9.45. The lowest BCUT2D eigenvalue weighted by Gasteiger charge is -2.20. The molecule has 0 bridgehead atoms. The Morgan fingerprint density at radius 1 is 1.06 bits per heavy atom. The van der Waals surface area contributed by atoms with Crippen molar-refractivity contribution in [2.75, 3.05) is 29.5 Å². The second kappa shape index (κ2) is 9.31. The van der Waals surface area contributed by atoms with E-state index in [2.05, 4.69) is 5.32 Å². The van der Waals surface area contributed by atoms with Crippen LogP contribution in [0.25, 0.3) is 0 Å². The standard InChI is InChI=1S/C21H22N2O6S3/c1-4-29-17-10-8-16(9-11-17)23(2)32(27,28)19-12-13-30-20(19)21(24)22-15-6-5-7-18(14-15)31(3,25)26/h5-14H,4H2,1-3H3,(H,22,24). The number of carbonyl (C=O) groups excluding carboxylic acids is 1. The highest BCUT2D eigenvalue weighted by atomic mass is 32.2. The Kier molecular flexibility index (Phi) is 6.91. The zero-order valence-corrected chi connectivity index (χ0v) is 20.1. The van der Waals surface area contributed by atoms with Gasteiger partial charge in [0.15, 0.2) is 9.84 Å². The van der Waals surface area contributed by atoms with Crippen molar-refractivity contribution >= 4 is 48.5 Å². The van der Waals surface area contributed by atoms with Gasteiger partial charge < -0.3 is 10.1 Å². The van der Waals surface area contributed by atoms with Crippen LogP contribution in [0, 0.1) is 0 Å². The predicted molar refractivity (Wildman–Crippen MR) is 125 cm³/mol. The molecule has 0 saturated carbocycles. The van der Waals surface area contributed by atoms with Gasteiger partial charge in [-0.3, -0.25) is 9.10 Å². The van der Waals surface area contributed by atoms with E-state index in [4.69, 9.17) is 4.74 Å². The summed E-state index contributed by atoms with van der Waals surface area (Å²) in [4.78, 5) is 12.7. The lowest BCUT2D eigenvalue weighted by Crippen LogP contribution is -2.28. The van der Waals surface area contributed by atoms with E-state index in [0.717, 1.165) is 21.9 Å². The monoisotopic (exact) mass is 494 g/mol. The van der Waals surface area contributed by atoms with E-state index in [-0.39, 0.29) is 20.4 Å². The van der Waals surface area contributed by atoms with Crippen LogP contribution in [0.4, 0.5) is 11.4 Å². The van der Waals surface area contributed by atoms with Crippen molar-refractivity contribution in [2.45, 2.75) is 16.7 Å². The predicted octanol–water partition coefficient (Wildman–Crippen LogP) is 3.63. The van der Waals surface area contributed by atoms with Gasteiger partial charge in [0.2, 0.25) is 0 Å². The van der Waals surface area contributed by atoms with E-state index < -0.39 is 25.8 Å². The Balaban J connectivity index is 1.87. The molecule has 11 heteroatoms. The summed E-state index contributed by atoms with van der Waals surface area (Å²) >= 11 is 0.979. The Morgan fingerprint density at radius 3 is 2.38 bits per heavy atom. The first-order chi connectivity index (χ1) is 15.0. The highest BCUT2D eigenvalue weighted by Crippen LogP contribution is 2.29. The zero-order chi connectivity index (χ0) is 23.5. The van der Waals surface area contributed by atoms with Gasteiger partial charge in [0.1, 0.15) is 15.5 Å². The SMILES string of the molecule is CCOc1ccc(N(C)S(=O)(=O)c2ccsc2C(=O)Nc2cccc(S(C)(=O)=O)c2)cc1. The van der Waals surface area contributed by atoms with Gasteiger partial charge >= 0.3 is 0 Å². The van der Waals surface area contributed by atoms with Gasteiger partial charge in [-0.05, 0) is 60.8 Å². The van der Waals surface area contributed by atoms with Gasteiger partial charge in [0.25, 0.3) is 15.9 Å². The summed E-state index contributed by atoms with van der Waals surface area (Å²) in [5, 5.41) is 4.09. The summed E-state index contributed by atoms with van der Waals surface area (Å²) in [7, 11) is -6.08. The molecule has 170 valence electrons. The molecule has 0 saturated heterocycles. The molecule has 0 aliphatic heterocycles. The maximum absolute atomic E-state index is 13.2. The number of nitrogens with one attached hydrogen (secondary N) is 1. The van der Waals surface area contributed by atoms with Crippen molar-refractivity contribution in [1.29, 1.82) is 0 Å². The highest BCUT2D eigenvalue weighted by Gasteiger charge is 2.28. The molecule has 1 aromatic heterocycles. The molecule has 1 amide bonds. The number of ether oxygens (including phenoxy) is 1. The topological polar surface area (TPSA) is 110 Å². The molecule has 8 nitrogen and oxygen atoms in total. The normalized spacial score (nSPS) is 11.7. The fourth-order valence-corrected chi connectivity index (χ4v) is 6.02. The summed E-state index contributed by atoms with van der Waals surface area (Å²) in [5.74, 6) is -0.0294. The number of amides is 1. The van der Waals surface area contributed by atoms with Crippen LogP contribution in [0.2, 0.25) is 0 Å². The second-order valence-electron chi connectivity index (χ2n) is 6.77. The molecule has 2 aromatic carbocycles. The third kappa shape index (κ3) is 5.12. The van der Waals surface area contributed by atoms with Crippen LogP contribution >= 0.6 is 11.3 Å². The lowest BCUT2D eigenvalue weighted by atomic mass is 10.3. The average Bonchev–Trinajstić information content (AvgIpc) is 3.25. The molecule has 1 N–H and O–H groups in total. The van der Waals surface area contributed by atoms with Crippen molar-refractivity contribution in [3.8, 4) is 5.75 Å². The largest absolute Gasteiger partial charge is 0.494 e. The minimum Gasteiger partial charge on any atom is -0.494 e. The minimum atomic E-state index is -4.03. The van der Waals surface area contributed by atoms with Crippen LogP contribution < -0.4 is 14.4 Å². The van der Waals surface area contributed by atoms with Crippen LogP contribution in [0.1, 0.15) is 16.6 Å². The van der Waals surface area contributed by atoms with Crippen molar-refractivity contribution in [2.24, 2.45) is 0 Å². The number of sulfone groups is 1. The molecule has 0 unspecified atom stereocenters. The Morgan fingerprint density at radius 2 is 1.75 bits per heavy atom. The number of hydrogen-bond acceptors (Lipinski definition) is 7. The fraction of sp³-hybridized carbons (Fsp3) is 0.190. The molecule has 1 heterocycles. The van der Waals surface area contributed by atoms with Crippen LogP contribution in [0.15, 0.2) is 69.8 Å². The van der Waals surface area contributed by atoms with E-state index in [0.29, 0.717) is 18.0 Å². The Bertz CT molecular complexity index is 1330. The number of rotatable bonds is 8. The summed E-state index contributed by atoms with van der Waals surface area (Å²) < 4.78 is 56.4. The summed E-state index contributed by atoms with van der Waals surface area (Å²) in [5.41, 5.74) is 0.654. The molecule has 0 atom stereocenters. The fourth-order valence-electron chi connectivity index (χ4n) is 2.86. The van der Waals surface area contributed by atoms with Crippen molar-refractivity contribution in [3.63, 3.8) is 0 Å². The zero-order valence-electron chi connectivity index (χ0n) is 17.6. The summed E-state index contributed by atoms with van der Waals surface area (Å²) in [6.45, 7) is 2.35. The van der Waals surface area contributed by atoms with Crippen LogP contribution in [-0.2, 0) is 19.9 Å². The summed E-state index contributed by atoms with van der Waals surface area (Å²) in [6.07, 6.45) is 1.06. The maximum Gasteiger partial charge on any atom is 0.267 e. The van der Waals surface area contributed by atoms with Crippen molar-refractivity contribution < 1.29 is 26.4 Å². The van der Waals surface area contributed by atoms with E-state index >= 15 is 0 Å². The van der Waals surface area contributed by atoms with Gasteiger partial charge in [0.05, 0.1) is 17.2 Å². The molecular formula is C21H22N2O6S3. The number of benzene rings is 2. The first-order valence-corrected chi connectivity index (χ1v) is 13.7. The molecule has 3 aromatic rings. The highest BCUT2D eigenvalue weighted by molar-refractivity contribution is 7.93.